The highest BCUT2D eigenvalue weighted by molar-refractivity contribution is 7.17. The molecule has 0 saturated heterocycles. The molecule has 2 aromatic heterocycles. The number of carbonyl (C=O) groups excluding carboxylic acids is 1. The molecule has 0 saturated carbocycles. The summed E-state index contributed by atoms with van der Waals surface area (Å²) in [5, 5.41) is 4.55. The van der Waals surface area contributed by atoms with Gasteiger partial charge < -0.3 is 11.1 Å². The molecule has 9 heteroatoms. The summed E-state index contributed by atoms with van der Waals surface area (Å²) in [7, 11) is 0. The Bertz CT molecular complexity index is 910. The normalized spacial score (nSPS) is 10.8. The van der Waals surface area contributed by atoms with Crippen molar-refractivity contribution < 1.29 is 18.0 Å². The molecule has 0 bridgehead atoms. The minimum absolute atomic E-state index is 0.0262. The largest absolute Gasteiger partial charge is 0.375 e. The molecule has 1 aromatic carbocycles. The lowest BCUT2D eigenvalue weighted by molar-refractivity contribution is -0.116. The number of amides is 1. The Morgan fingerprint density at radius 3 is 2.72 bits per heavy atom. The summed E-state index contributed by atoms with van der Waals surface area (Å²) in [5.41, 5.74) is 6.08. The maximum absolute atomic E-state index is 13.6. The van der Waals surface area contributed by atoms with E-state index in [0.717, 1.165) is 27.6 Å². The van der Waals surface area contributed by atoms with Crippen molar-refractivity contribution in [2.45, 2.75) is 12.8 Å². The second-order valence-corrected chi connectivity index (χ2v) is 7.14. The predicted molar refractivity (Wildman–Crippen MR) is 93.1 cm³/mol. The summed E-state index contributed by atoms with van der Waals surface area (Å²) >= 11 is 2.78. The second-order valence-electron chi connectivity index (χ2n) is 5.07. The standard InChI is InChI=1S/C16H12F3N3OS2/c17-8-3-4-9(14(19)13(8)18)21-12(23)6-5-11-15(22-16(20)25-11)10-2-1-7-24-10/h1-4,7H,5-6H2,(H2,20,22)(H,21,23). The number of nitrogens with two attached hydrogens (primary N) is 1. The van der Waals surface area contributed by atoms with Crippen LogP contribution in [-0.2, 0) is 11.2 Å². The third-order valence-electron chi connectivity index (χ3n) is 3.36. The average molecular weight is 383 g/mol. The van der Waals surface area contributed by atoms with Gasteiger partial charge in [0, 0.05) is 11.3 Å². The van der Waals surface area contributed by atoms with E-state index >= 15 is 0 Å². The number of thiazole rings is 1. The molecule has 130 valence electrons. The van der Waals surface area contributed by atoms with Gasteiger partial charge in [-0.05, 0) is 30.0 Å². The lowest BCUT2D eigenvalue weighted by Gasteiger charge is -2.07. The van der Waals surface area contributed by atoms with Crippen molar-refractivity contribution in [2.75, 3.05) is 11.1 Å². The van der Waals surface area contributed by atoms with Crippen molar-refractivity contribution in [3.63, 3.8) is 0 Å². The van der Waals surface area contributed by atoms with Gasteiger partial charge in [-0.15, -0.1) is 22.7 Å². The van der Waals surface area contributed by atoms with Crippen molar-refractivity contribution in [3.05, 3.63) is 52.0 Å². The molecule has 1 amide bonds. The van der Waals surface area contributed by atoms with Gasteiger partial charge in [-0.25, -0.2) is 18.2 Å². The van der Waals surface area contributed by atoms with E-state index in [2.05, 4.69) is 10.3 Å². The van der Waals surface area contributed by atoms with E-state index in [-0.39, 0.29) is 6.42 Å². The summed E-state index contributed by atoms with van der Waals surface area (Å²) < 4.78 is 39.7. The molecule has 3 aromatic rings. The molecular formula is C16H12F3N3OS2. The van der Waals surface area contributed by atoms with Gasteiger partial charge in [0.1, 0.15) is 0 Å². The van der Waals surface area contributed by atoms with Crippen LogP contribution in [0, 0.1) is 17.5 Å². The SMILES string of the molecule is Nc1nc(-c2cccs2)c(CCC(=O)Nc2ccc(F)c(F)c2F)s1. The summed E-state index contributed by atoms with van der Waals surface area (Å²) in [6.07, 6.45) is 0.373. The zero-order valence-corrected chi connectivity index (χ0v) is 14.3. The number of thiophene rings is 1. The van der Waals surface area contributed by atoms with Gasteiger partial charge in [0.25, 0.3) is 0 Å². The van der Waals surface area contributed by atoms with Crippen molar-refractivity contribution in [1.29, 1.82) is 0 Å². The Morgan fingerprint density at radius 2 is 2.00 bits per heavy atom. The molecule has 25 heavy (non-hydrogen) atoms. The number of aromatic nitrogens is 1. The van der Waals surface area contributed by atoms with E-state index in [1.54, 1.807) is 0 Å². The Labute approximate surface area is 149 Å². The second kappa shape index (κ2) is 7.24. The molecule has 0 atom stereocenters. The van der Waals surface area contributed by atoms with Gasteiger partial charge in [0.2, 0.25) is 5.91 Å². The van der Waals surface area contributed by atoms with Gasteiger partial charge in [-0.3, -0.25) is 4.79 Å². The number of anilines is 2. The Balaban J connectivity index is 1.69. The van der Waals surface area contributed by atoms with Crippen LogP contribution < -0.4 is 11.1 Å². The van der Waals surface area contributed by atoms with Crippen molar-refractivity contribution in [2.24, 2.45) is 0 Å². The van der Waals surface area contributed by atoms with Crippen LogP contribution in [0.2, 0.25) is 0 Å². The lowest BCUT2D eigenvalue weighted by Crippen LogP contribution is -2.14. The summed E-state index contributed by atoms with van der Waals surface area (Å²) in [5.74, 6) is -4.87. The zero-order valence-electron chi connectivity index (χ0n) is 12.7. The molecule has 0 aliphatic heterocycles. The zero-order chi connectivity index (χ0) is 18.0. The molecule has 0 unspecified atom stereocenters. The van der Waals surface area contributed by atoms with Crippen LogP contribution in [-0.4, -0.2) is 10.9 Å². The number of benzene rings is 1. The van der Waals surface area contributed by atoms with E-state index in [4.69, 9.17) is 5.73 Å². The van der Waals surface area contributed by atoms with Crippen molar-refractivity contribution in [1.82, 2.24) is 4.98 Å². The molecule has 2 heterocycles. The first-order chi connectivity index (χ1) is 12.0. The van der Waals surface area contributed by atoms with Crippen LogP contribution in [0.15, 0.2) is 29.6 Å². The number of hydrogen-bond acceptors (Lipinski definition) is 5. The molecule has 4 nitrogen and oxygen atoms in total. The van der Waals surface area contributed by atoms with Crippen LogP contribution in [0.4, 0.5) is 24.0 Å². The van der Waals surface area contributed by atoms with Crippen LogP contribution in [0.5, 0.6) is 0 Å². The Kier molecular flexibility index (Phi) is 5.05. The van der Waals surface area contributed by atoms with E-state index in [1.807, 2.05) is 17.5 Å². The number of hydrogen-bond donors (Lipinski definition) is 2. The summed E-state index contributed by atoms with van der Waals surface area (Å²) in [6, 6.07) is 5.53. The highest BCUT2D eigenvalue weighted by Gasteiger charge is 2.17. The Hall–Kier alpha value is -2.39. The van der Waals surface area contributed by atoms with Crippen LogP contribution in [0.25, 0.3) is 10.6 Å². The minimum atomic E-state index is -1.62. The fourth-order valence-corrected chi connectivity index (χ4v) is 3.86. The van der Waals surface area contributed by atoms with E-state index < -0.39 is 29.0 Å². The summed E-state index contributed by atoms with van der Waals surface area (Å²) in [4.78, 5) is 18.0. The van der Waals surface area contributed by atoms with Crippen molar-refractivity contribution in [3.8, 4) is 10.6 Å². The van der Waals surface area contributed by atoms with Crippen LogP contribution in [0.3, 0.4) is 0 Å². The van der Waals surface area contributed by atoms with E-state index in [0.29, 0.717) is 11.6 Å². The molecule has 0 spiro atoms. The quantitative estimate of drug-likeness (QED) is 0.640. The number of rotatable bonds is 5. The number of halogens is 3. The third kappa shape index (κ3) is 3.83. The average Bonchev–Trinajstić information content (AvgIpc) is 3.22. The smallest absolute Gasteiger partial charge is 0.224 e. The number of aryl methyl sites for hydroxylation is 1. The molecule has 3 N–H and O–H groups in total. The monoisotopic (exact) mass is 383 g/mol. The predicted octanol–water partition coefficient (Wildman–Crippen LogP) is 4.44. The van der Waals surface area contributed by atoms with Crippen LogP contribution >= 0.6 is 22.7 Å². The fraction of sp³-hybridized carbons (Fsp3) is 0.125. The number of nitrogen functional groups attached to an aromatic ring is 1. The Morgan fingerprint density at radius 1 is 1.20 bits per heavy atom. The number of nitrogens with zero attached hydrogens (tertiary/aromatic N) is 1. The first-order valence-electron chi connectivity index (χ1n) is 7.18. The van der Waals surface area contributed by atoms with Gasteiger partial charge in [0.15, 0.2) is 22.6 Å². The van der Waals surface area contributed by atoms with E-state index in [9.17, 15) is 18.0 Å². The van der Waals surface area contributed by atoms with Gasteiger partial charge >= 0.3 is 0 Å². The maximum Gasteiger partial charge on any atom is 0.224 e. The number of nitrogens with one attached hydrogen (secondary N) is 1. The topological polar surface area (TPSA) is 68.0 Å². The fourth-order valence-electron chi connectivity index (χ4n) is 2.21. The molecule has 0 aliphatic rings. The molecular weight excluding hydrogens is 371 g/mol. The van der Waals surface area contributed by atoms with Crippen molar-refractivity contribution >= 4 is 39.4 Å². The molecule has 0 fully saturated rings. The van der Waals surface area contributed by atoms with Gasteiger partial charge in [-0.2, -0.15) is 0 Å². The molecule has 3 rings (SSSR count). The summed E-state index contributed by atoms with van der Waals surface area (Å²) in [6.45, 7) is 0. The lowest BCUT2D eigenvalue weighted by atomic mass is 10.2. The molecule has 0 radical (unpaired) electrons. The molecule has 0 aliphatic carbocycles. The maximum atomic E-state index is 13.6. The third-order valence-corrected chi connectivity index (χ3v) is 5.18. The number of carbonyl (C=O) groups is 1. The van der Waals surface area contributed by atoms with Crippen LogP contribution in [0.1, 0.15) is 11.3 Å². The minimum Gasteiger partial charge on any atom is -0.375 e. The van der Waals surface area contributed by atoms with Gasteiger partial charge in [-0.1, -0.05) is 6.07 Å². The first kappa shape index (κ1) is 17.4. The first-order valence-corrected chi connectivity index (χ1v) is 8.87. The highest BCUT2D eigenvalue weighted by atomic mass is 32.1. The van der Waals surface area contributed by atoms with E-state index in [1.165, 1.54) is 22.7 Å². The highest BCUT2D eigenvalue weighted by Crippen LogP contribution is 2.33. The van der Waals surface area contributed by atoms with Gasteiger partial charge in [0.05, 0.1) is 16.3 Å².